The van der Waals surface area contributed by atoms with Crippen LogP contribution in [-0.2, 0) is 12.8 Å². The summed E-state index contributed by atoms with van der Waals surface area (Å²) >= 11 is 3.48. The Morgan fingerprint density at radius 2 is 2.00 bits per heavy atom. The highest BCUT2D eigenvalue weighted by Crippen LogP contribution is 2.42. The maximum absolute atomic E-state index is 9.05. The molecule has 0 amide bonds. The molecule has 4 heteroatoms. The monoisotopic (exact) mass is 286 g/mol. The average Bonchev–Trinajstić information content (AvgIpc) is 2.30. The summed E-state index contributed by atoms with van der Waals surface area (Å²) in [4.78, 5) is 0. The fourth-order valence-electron chi connectivity index (χ4n) is 2.00. The van der Waals surface area contributed by atoms with E-state index in [1.54, 1.807) is 0 Å². The minimum Gasteiger partial charge on any atom is -0.486 e. The predicted octanol–water partition coefficient (Wildman–Crippen LogP) is 2.32. The van der Waals surface area contributed by atoms with Gasteiger partial charge in [-0.25, -0.2) is 0 Å². The van der Waals surface area contributed by atoms with E-state index >= 15 is 0 Å². The zero-order valence-electron chi connectivity index (χ0n) is 9.25. The molecule has 0 radical (unpaired) electrons. The van der Waals surface area contributed by atoms with Crippen molar-refractivity contribution in [1.82, 2.24) is 0 Å². The molecule has 2 rings (SSSR count). The van der Waals surface area contributed by atoms with Crippen molar-refractivity contribution in [3.05, 3.63) is 21.7 Å². The number of hydrogen-bond acceptors (Lipinski definition) is 3. The summed E-state index contributed by atoms with van der Waals surface area (Å²) in [5.41, 5.74) is 2.27. The van der Waals surface area contributed by atoms with E-state index in [-0.39, 0.29) is 6.61 Å². The molecule has 16 heavy (non-hydrogen) atoms. The molecule has 0 saturated heterocycles. The molecule has 0 unspecified atom stereocenters. The van der Waals surface area contributed by atoms with Crippen molar-refractivity contribution in [3.8, 4) is 11.5 Å². The third-order valence-corrected chi connectivity index (χ3v) is 3.29. The topological polar surface area (TPSA) is 38.7 Å². The normalized spacial score (nSPS) is 13.9. The molecule has 1 aromatic rings. The third-order valence-electron chi connectivity index (χ3n) is 2.70. The van der Waals surface area contributed by atoms with Crippen LogP contribution in [0.5, 0.6) is 11.5 Å². The molecule has 3 nitrogen and oxygen atoms in total. The van der Waals surface area contributed by atoms with Gasteiger partial charge in [0.05, 0.1) is 4.47 Å². The van der Waals surface area contributed by atoms with Gasteiger partial charge in [0.1, 0.15) is 13.2 Å². The molecule has 0 aromatic heterocycles. The van der Waals surface area contributed by atoms with Crippen LogP contribution in [-0.4, -0.2) is 24.9 Å². The van der Waals surface area contributed by atoms with Crippen molar-refractivity contribution in [2.75, 3.05) is 19.8 Å². The van der Waals surface area contributed by atoms with Crippen molar-refractivity contribution in [3.63, 3.8) is 0 Å². The molecular weight excluding hydrogens is 272 g/mol. The van der Waals surface area contributed by atoms with Crippen LogP contribution in [0.1, 0.15) is 18.1 Å². The lowest BCUT2D eigenvalue weighted by Crippen LogP contribution is -2.18. The van der Waals surface area contributed by atoms with Gasteiger partial charge in [-0.1, -0.05) is 6.92 Å². The van der Waals surface area contributed by atoms with Crippen molar-refractivity contribution in [2.24, 2.45) is 0 Å². The molecule has 0 aliphatic carbocycles. The molecular formula is C12H15BrO3. The van der Waals surface area contributed by atoms with Gasteiger partial charge < -0.3 is 14.6 Å². The Morgan fingerprint density at radius 3 is 2.62 bits per heavy atom. The zero-order chi connectivity index (χ0) is 11.5. The second kappa shape index (κ2) is 5.06. The molecule has 0 bridgehead atoms. The molecule has 1 aliphatic heterocycles. The van der Waals surface area contributed by atoms with Crippen molar-refractivity contribution >= 4 is 15.9 Å². The van der Waals surface area contributed by atoms with E-state index in [1.807, 2.05) is 6.07 Å². The highest BCUT2D eigenvalue weighted by Gasteiger charge is 2.21. The largest absolute Gasteiger partial charge is 0.486 e. The Kier molecular flexibility index (Phi) is 3.71. The van der Waals surface area contributed by atoms with Gasteiger partial charge in [-0.15, -0.1) is 0 Å². The van der Waals surface area contributed by atoms with Crippen LogP contribution in [0.3, 0.4) is 0 Å². The van der Waals surface area contributed by atoms with Crippen LogP contribution in [0.2, 0.25) is 0 Å². The van der Waals surface area contributed by atoms with Gasteiger partial charge in [-0.3, -0.25) is 0 Å². The third kappa shape index (κ3) is 2.04. The number of hydrogen-bond donors (Lipinski definition) is 1. The number of rotatable bonds is 3. The summed E-state index contributed by atoms with van der Waals surface area (Å²) in [7, 11) is 0. The lowest BCUT2D eigenvalue weighted by molar-refractivity contribution is 0.168. The van der Waals surface area contributed by atoms with Gasteiger partial charge in [0.2, 0.25) is 0 Å². The van der Waals surface area contributed by atoms with Crippen molar-refractivity contribution in [1.29, 1.82) is 0 Å². The molecule has 1 heterocycles. The number of halogens is 1. The Balaban J connectivity index is 2.52. The van der Waals surface area contributed by atoms with Crippen molar-refractivity contribution < 1.29 is 14.6 Å². The van der Waals surface area contributed by atoms with Gasteiger partial charge in [0.15, 0.2) is 11.5 Å². The Hall–Kier alpha value is -0.740. The number of benzene rings is 1. The summed E-state index contributed by atoms with van der Waals surface area (Å²) in [6.45, 7) is 3.42. The van der Waals surface area contributed by atoms with Gasteiger partial charge in [-0.2, -0.15) is 0 Å². The first-order chi connectivity index (χ1) is 7.77. The van der Waals surface area contributed by atoms with Crippen LogP contribution < -0.4 is 9.47 Å². The second-order valence-electron chi connectivity index (χ2n) is 3.68. The highest BCUT2D eigenvalue weighted by atomic mass is 79.9. The first-order valence-corrected chi connectivity index (χ1v) is 6.28. The minimum absolute atomic E-state index is 0.152. The first-order valence-electron chi connectivity index (χ1n) is 5.48. The van der Waals surface area contributed by atoms with E-state index in [9.17, 15) is 0 Å². The number of fused-ring (bicyclic) bond motifs is 1. The molecule has 0 saturated carbocycles. The van der Waals surface area contributed by atoms with Gasteiger partial charge >= 0.3 is 0 Å². The first kappa shape index (κ1) is 11.7. The molecule has 88 valence electrons. The van der Waals surface area contributed by atoms with E-state index in [0.29, 0.717) is 19.6 Å². The van der Waals surface area contributed by atoms with Crippen molar-refractivity contribution in [2.45, 2.75) is 19.8 Å². The quantitative estimate of drug-likeness (QED) is 0.927. The lowest BCUT2D eigenvalue weighted by Gasteiger charge is -2.24. The van der Waals surface area contributed by atoms with Crippen LogP contribution in [0.15, 0.2) is 10.5 Å². The van der Waals surface area contributed by atoms with E-state index in [0.717, 1.165) is 33.5 Å². The van der Waals surface area contributed by atoms with Crippen LogP contribution in [0.25, 0.3) is 0 Å². The zero-order valence-corrected chi connectivity index (χ0v) is 10.8. The van der Waals surface area contributed by atoms with Crippen LogP contribution in [0.4, 0.5) is 0 Å². The maximum atomic E-state index is 9.05. The summed E-state index contributed by atoms with van der Waals surface area (Å²) in [6, 6.07) is 2.02. The van der Waals surface area contributed by atoms with Gasteiger partial charge in [0.25, 0.3) is 0 Å². The summed E-state index contributed by atoms with van der Waals surface area (Å²) < 4.78 is 12.2. The van der Waals surface area contributed by atoms with Gasteiger partial charge in [-0.05, 0) is 40.4 Å². The fourth-order valence-corrected chi connectivity index (χ4v) is 2.57. The van der Waals surface area contributed by atoms with Crippen LogP contribution >= 0.6 is 15.9 Å². The smallest absolute Gasteiger partial charge is 0.175 e. The van der Waals surface area contributed by atoms with E-state index in [1.165, 1.54) is 0 Å². The summed E-state index contributed by atoms with van der Waals surface area (Å²) in [6.07, 6.45) is 1.53. The summed E-state index contributed by atoms with van der Waals surface area (Å²) in [5.74, 6) is 1.64. The standard InChI is InChI=1S/C12H15BrO3/c1-2-9-8(3-4-14)7-10(13)12-11(9)15-5-6-16-12/h7,14H,2-6H2,1H3. The van der Waals surface area contributed by atoms with E-state index in [4.69, 9.17) is 14.6 Å². The molecule has 1 aliphatic rings. The second-order valence-corrected chi connectivity index (χ2v) is 4.53. The van der Waals surface area contributed by atoms with E-state index in [2.05, 4.69) is 22.9 Å². The number of aliphatic hydroxyl groups excluding tert-OH is 1. The van der Waals surface area contributed by atoms with E-state index < -0.39 is 0 Å². The molecule has 1 N–H and O–H groups in total. The minimum atomic E-state index is 0.152. The fraction of sp³-hybridized carbons (Fsp3) is 0.500. The SMILES string of the molecule is CCc1c(CCO)cc(Br)c2c1OCCO2. The highest BCUT2D eigenvalue weighted by molar-refractivity contribution is 9.10. The molecule has 0 atom stereocenters. The molecule has 0 spiro atoms. The lowest BCUT2D eigenvalue weighted by atomic mass is 10.0. The predicted molar refractivity (Wildman–Crippen MR) is 65.3 cm³/mol. The molecule has 0 fully saturated rings. The Bertz CT molecular complexity index is 390. The van der Waals surface area contributed by atoms with Crippen LogP contribution in [0, 0.1) is 0 Å². The maximum Gasteiger partial charge on any atom is 0.175 e. The Labute approximate surface area is 104 Å². The number of ether oxygens (including phenoxy) is 2. The van der Waals surface area contributed by atoms with Gasteiger partial charge in [0, 0.05) is 12.2 Å². The number of aliphatic hydroxyl groups is 1. The Morgan fingerprint density at radius 1 is 1.31 bits per heavy atom. The molecule has 1 aromatic carbocycles. The summed E-state index contributed by atoms with van der Waals surface area (Å²) in [5, 5.41) is 9.05. The average molecular weight is 287 g/mol.